The van der Waals surface area contributed by atoms with Gasteiger partial charge in [0.1, 0.15) is 16.8 Å². The van der Waals surface area contributed by atoms with Crippen LogP contribution in [0.2, 0.25) is 0 Å². The van der Waals surface area contributed by atoms with Crippen molar-refractivity contribution >= 4 is 10.0 Å². The molecule has 0 aromatic heterocycles. The van der Waals surface area contributed by atoms with Crippen molar-refractivity contribution in [2.75, 3.05) is 6.54 Å². The highest BCUT2D eigenvalue weighted by atomic mass is 32.2. The van der Waals surface area contributed by atoms with Crippen LogP contribution < -0.4 is 4.72 Å². The van der Waals surface area contributed by atoms with Gasteiger partial charge in [0.2, 0.25) is 10.0 Å². The monoisotopic (exact) mass is 285 g/mol. The second-order valence-electron chi connectivity index (χ2n) is 4.65. The first-order valence-corrected chi connectivity index (χ1v) is 8.10. The van der Waals surface area contributed by atoms with Crippen LogP contribution in [0.3, 0.4) is 0 Å². The van der Waals surface area contributed by atoms with Gasteiger partial charge in [-0.25, -0.2) is 13.1 Å². The summed E-state index contributed by atoms with van der Waals surface area (Å²) >= 11 is 0. The van der Waals surface area contributed by atoms with Crippen LogP contribution in [0, 0.1) is 0 Å². The lowest BCUT2D eigenvalue weighted by Gasteiger charge is -2.13. The predicted molar refractivity (Wildman–Crippen MR) is 78.0 cm³/mol. The highest BCUT2D eigenvalue weighted by molar-refractivity contribution is 7.93. The molecule has 5 heteroatoms. The Morgan fingerprint density at radius 3 is 2.74 bits per heavy atom. The van der Waals surface area contributed by atoms with Gasteiger partial charge in [-0.3, -0.25) is 0 Å². The van der Waals surface area contributed by atoms with Gasteiger partial charge in [-0.1, -0.05) is 31.6 Å². The second kappa shape index (κ2) is 6.91. The summed E-state index contributed by atoms with van der Waals surface area (Å²) in [5.41, 5.74) is 1.20. The fraction of sp³-hybridized carbons (Fsp3) is 0.571. The summed E-state index contributed by atoms with van der Waals surface area (Å²) < 4.78 is 32.4. The third-order valence-corrected chi connectivity index (χ3v) is 4.67. The number of allylic oxidation sites excluding steroid dienone is 5. The molecule has 19 heavy (non-hydrogen) atoms. The smallest absolute Gasteiger partial charge is 0.244 e. The van der Waals surface area contributed by atoms with Crippen LogP contribution in [0.25, 0.3) is 0 Å². The lowest BCUT2D eigenvalue weighted by molar-refractivity contribution is 0.119. The van der Waals surface area contributed by atoms with Crippen molar-refractivity contribution in [3.8, 4) is 0 Å². The first-order chi connectivity index (χ1) is 8.90. The van der Waals surface area contributed by atoms with Crippen molar-refractivity contribution in [2.45, 2.75) is 46.6 Å². The topological polar surface area (TPSA) is 55.4 Å². The maximum absolute atomic E-state index is 12.1. The van der Waals surface area contributed by atoms with Gasteiger partial charge in [-0.05, 0) is 32.8 Å². The molecule has 0 amide bonds. The molecule has 1 atom stereocenters. The molecule has 1 N–H and O–H groups in total. The maximum atomic E-state index is 12.1. The molecule has 0 bridgehead atoms. The number of nitrogens with one attached hydrogen (secondary N) is 1. The molecule has 0 aliphatic carbocycles. The lowest BCUT2D eigenvalue weighted by Crippen LogP contribution is -2.30. The zero-order valence-corrected chi connectivity index (χ0v) is 12.9. The minimum Gasteiger partial charge on any atom is -0.492 e. The largest absolute Gasteiger partial charge is 0.492 e. The average molecular weight is 285 g/mol. The fourth-order valence-corrected chi connectivity index (χ4v) is 2.92. The minimum atomic E-state index is -3.47. The van der Waals surface area contributed by atoms with E-state index in [9.17, 15) is 8.42 Å². The Morgan fingerprint density at radius 1 is 1.47 bits per heavy atom. The molecular formula is C14H23NO3S. The molecule has 0 saturated carbocycles. The van der Waals surface area contributed by atoms with Gasteiger partial charge in [0.25, 0.3) is 0 Å². The summed E-state index contributed by atoms with van der Waals surface area (Å²) in [5, 5.41) is 0. The molecule has 0 aromatic rings. The SMILES string of the molecule is CCC(C)=CC=CC1=C(C)OC(CC)CNS1(=O)=O. The Morgan fingerprint density at radius 2 is 2.16 bits per heavy atom. The van der Waals surface area contributed by atoms with Crippen molar-refractivity contribution < 1.29 is 13.2 Å². The van der Waals surface area contributed by atoms with Crippen molar-refractivity contribution in [1.29, 1.82) is 0 Å². The molecule has 4 nitrogen and oxygen atoms in total. The molecule has 0 fully saturated rings. The molecular weight excluding hydrogens is 262 g/mol. The van der Waals surface area contributed by atoms with Crippen LogP contribution in [0.15, 0.2) is 34.5 Å². The van der Waals surface area contributed by atoms with E-state index in [1.165, 1.54) is 5.57 Å². The van der Waals surface area contributed by atoms with E-state index in [0.717, 1.165) is 12.8 Å². The number of hydrogen-bond acceptors (Lipinski definition) is 3. The second-order valence-corrected chi connectivity index (χ2v) is 6.38. The Balaban J connectivity index is 3.05. The summed E-state index contributed by atoms with van der Waals surface area (Å²) in [5.74, 6) is 0.454. The van der Waals surface area contributed by atoms with Gasteiger partial charge in [0.05, 0.1) is 0 Å². The van der Waals surface area contributed by atoms with Crippen LogP contribution >= 0.6 is 0 Å². The molecule has 1 heterocycles. The molecule has 1 aliphatic heterocycles. The Kier molecular flexibility index (Phi) is 5.82. The number of rotatable bonds is 4. The van der Waals surface area contributed by atoms with Crippen LogP contribution in [0.1, 0.15) is 40.5 Å². The molecule has 1 rings (SSSR count). The lowest BCUT2D eigenvalue weighted by atomic mass is 10.2. The zero-order valence-electron chi connectivity index (χ0n) is 12.1. The van der Waals surface area contributed by atoms with Gasteiger partial charge in [0, 0.05) is 6.54 Å². The Labute approximate surface area is 116 Å². The molecule has 0 radical (unpaired) electrons. The third-order valence-electron chi connectivity index (χ3n) is 3.12. The van der Waals surface area contributed by atoms with E-state index in [-0.39, 0.29) is 11.0 Å². The highest BCUT2D eigenvalue weighted by Crippen LogP contribution is 2.20. The fourth-order valence-electron chi connectivity index (χ4n) is 1.67. The van der Waals surface area contributed by atoms with Crippen molar-refractivity contribution in [2.24, 2.45) is 0 Å². The highest BCUT2D eigenvalue weighted by Gasteiger charge is 2.25. The molecule has 108 valence electrons. The van der Waals surface area contributed by atoms with E-state index in [0.29, 0.717) is 12.3 Å². The van der Waals surface area contributed by atoms with E-state index in [1.807, 2.05) is 19.9 Å². The summed E-state index contributed by atoms with van der Waals surface area (Å²) in [6.45, 7) is 8.05. The van der Waals surface area contributed by atoms with Crippen LogP contribution in [0.4, 0.5) is 0 Å². The summed E-state index contributed by atoms with van der Waals surface area (Å²) in [6, 6.07) is 0. The quantitative estimate of drug-likeness (QED) is 0.808. The summed E-state index contributed by atoms with van der Waals surface area (Å²) in [4.78, 5) is 0.212. The number of ether oxygens (including phenoxy) is 1. The van der Waals surface area contributed by atoms with Crippen molar-refractivity contribution in [3.63, 3.8) is 0 Å². The van der Waals surface area contributed by atoms with Gasteiger partial charge in [0.15, 0.2) is 0 Å². The molecule has 0 aromatic carbocycles. The molecule has 0 spiro atoms. The molecule has 0 saturated heterocycles. The molecule has 1 unspecified atom stereocenters. The maximum Gasteiger partial charge on any atom is 0.244 e. The molecule has 1 aliphatic rings. The van der Waals surface area contributed by atoms with Crippen LogP contribution in [-0.4, -0.2) is 21.1 Å². The predicted octanol–water partition coefficient (Wildman–Crippen LogP) is 2.86. The van der Waals surface area contributed by atoms with Gasteiger partial charge in [-0.15, -0.1) is 0 Å². The number of sulfonamides is 1. The average Bonchev–Trinajstić information content (AvgIpc) is 2.48. The van der Waals surface area contributed by atoms with Gasteiger partial charge < -0.3 is 4.74 Å². The van der Waals surface area contributed by atoms with E-state index in [4.69, 9.17) is 4.74 Å². The minimum absolute atomic E-state index is 0.103. The van der Waals surface area contributed by atoms with Crippen molar-refractivity contribution in [3.05, 3.63) is 34.5 Å². The van der Waals surface area contributed by atoms with E-state index in [1.54, 1.807) is 19.1 Å². The van der Waals surface area contributed by atoms with E-state index in [2.05, 4.69) is 11.6 Å². The Hall–Kier alpha value is -1.07. The summed E-state index contributed by atoms with van der Waals surface area (Å²) in [6.07, 6.45) is 6.88. The first kappa shape index (κ1) is 16.0. The van der Waals surface area contributed by atoms with Crippen molar-refractivity contribution in [1.82, 2.24) is 4.72 Å². The van der Waals surface area contributed by atoms with E-state index < -0.39 is 10.0 Å². The first-order valence-electron chi connectivity index (χ1n) is 6.61. The summed E-state index contributed by atoms with van der Waals surface area (Å²) in [7, 11) is -3.47. The van der Waals surface area contributed by atoms with Crippen LogP contribution in [-0.2, 0) is 14.8 Å². The third kappa shape index (κ3) is 4.51. The van der Waals surface area contributed by atoms with Crippen LogP contribution in [0.5, 0.6) is 0 Å². The normalized spacial score (nSPS) is 24.4. The standard InChI is InChI=1S/C14H23NO3S/c1-5-11(3)8-7-9-14-12(4)18-13(6-2)10-15-19(14,16)17/h7-9,13,15H,5-6,10H2,1-4H3. The van der Waals surface area contributed by atoms with Gasteiger partial charge in [-0.2, -0.15) is 0 Å². The zero-order chi connectivity index (χ0) is 14.5. The Bertz CT molecular complexity index is 501. The van der Waals surface area contributed by atoms with Gasteiger partial charge >= 0.3 is 0 Å². The number of hydrogen-bond donors (Lipinski definition) is 1. The van der Waals surface area contributed by atoms with E-state index >= 15 is 0 Å².